The van der Waals surface area contributed by atoms with Crippen molar-refractivity contribution in [3.05, 3.63) is 101 Å². The minimum Gasteiger partial charge on any atom is -0.454 e. The van der Waals surface area contributed by atoms with Crippen LogP contribution in [0.4, 0.5) is 5.82 Å². The first-order chi connectivity index (χ1) is 20.1. The maximum atomic E-state index is 12.7. The first-order valence-electron chi connectivity index (χ1n) is 13.7. The lowest BCUT2D eigenvalue weighted by atomic mass is 10.1. The van der Waals surface area contributed by atoms with Crippen LogP contribution in [0.25, 0.3) is 0 Å². The average Bonchev–Trinajstić information content (AvgIpc) is 3.48. The van der Waals surface area contributed by atoms with E-state index in [9.17, 15) is 4.79 Å². The number of ether oxygens (including phenoxy) is 2. The van der Waals surface area contributed by atoms with Crippen LogP contribution >= 0.6 is 11.8 Å². The Morgan fingerprint density at radius 2 is 1.80 bits per heavy atom. The summed E-state index contributed by atoms with van der Waals surface area (Å²) in [5.41, 5.74) is 4.68. The number of nitrogens with zero attached hydrogens (tertiary/aromatic N) is 5. The third-order valence-corrected chi connectivity index (χ3v) is 7.99. The Bertz CT molecular complexity index is 1510. The Morgan fingerprint density at radius 1 is 0.927 bits per heavy atom. The second kappa shape index (κ2) is 12.6. The predicted octanol–water partition coefficient (Wildman–Crippen LogP) is 4.45. The molecule has 0 radical (unpaired) electrons. The van der Waals surface area contributed by atoms with Gasteiger partial charge in [-0.2, -0.15) is 0 Å². The zero-order valence-electron chi connectivity index (χ0n) is 23.0. The second-order valence-electron chi connectivity index (χ2n) is 10.1. The molecule has 210 valence electrons. The van der Waals surface area contributed by atoms with Crippen LogP contribution in [0.5, 0.6) is 11.5 Å². The molecular weight excluding hydrogens is 536 g/mol. The quantitative estimate of drug-likeness (QED) is 0.232. The molecule has 6 rings (SSSR count). The van der Waals surface area contributed by atoms with Crippen molar-refractivity contribution >= 4 is 23.5 Å². The van der Waals surface area contributed by atoms with Crippen LogP contribution in [0.1, 0.15) is 32.9 Å². The number of fused-ring (bicyclic) bond motifs is 1. The summed E-state index contributed by atoms with van der Waals surface area (Å²) < 4.78 is 11.0. The molecule has 1 saturated heterocycles. The van der Waals surface area contributed by atoms with Gasteiger partial charge in [-0.1, -0.05) is 36.0 Å². The molecule has 0 saturated carbocycles. The van der Waals surface area contributed by atoms with Gasteiger partial charge in [0, 0.05) is 62.0 Å². The number of thioether (sulfide) groups is 1. The highest BCUT2D eigenvalue weighted by atomic mass is 32.2. The normalized spacial score (nSPS) is 14.7. The van der Waals surface area contributed by atoms with Gasteiger partial charge < -0.3 is 19.7 Å². The van der Waals surface area contributed by atoms with Crippen molar-refractivity contribution in [1.29, 1.82) is 0 Å². The van der Waals surface area contributed by atoms with Crippen molar-refractivity contribution in [1.82, 2.24) is 25.2 Å². The molecular formula is C31H32N6O3S. The molecule has 0 unspecified atom stereocenters. The predicted molar refractivity (Wildman–Crippen MR) is 158 cm³/mol. The molecule has 2 aromatic carbocycles. The van der Waals surface area contributed by atoms with Gasteiger partial charge in [0.2, 0.25) is 6.79 Å². The molecule has 10 heteroatoms. The highest BCUT2D eigenvalue weighted by molar-refractivity contribution is 7.98. The number of carbonyl (C=O) groups is 1. The van der Waals surface area contributed by atoms with Gasteiger partial charge in [-0.25, -0.2) is 9.97 Å². The second-order valence-corrected chi connectivity index (χ2v) is 11.0. The topological polar surface area (TPSA) is 92.7 Å². The van der Waals surface area contributed by atoms with Crippen LogP contribution in [-0.4, -0.2) is 58.7 Å². The van der Waals surface area contributed by atoms with Gasteiger partial charge in [0.15, 0.2) is 16.7 Å². The van der Waals surface area contributed by atoms with Crippen molar-refractivity contribution in [3.8, 4) is 11.5 Å². The minimum absolute atomic E-state index is 0.116. The van der Waals surface area contributed by atoms with Crippen LogP contribution < -0.4 is 19.7 Å². The lowest BCUT2D eigenvalue weighted by Gasteiger charge is -2.35. The van der Waals surface area contributed by atoms with E-state index in [1.165, 1.54) is 5.56 Å². The molecule has 4 aromatic rings. The lowest BCUT2D eigenvalue weighted by Crippen LogP contribution is -2.46. The van der Waals surface area contributed by atoms with E-state index >= 15 is 0 Å². The Morgan fingerprint density at radius 3 is 2.66 bits per heavy atom. The number of nitrogens with one attached hydrogen (secondary N) is 1. The summed E-state index contributed by atoms with van der Waals surface area (Å²) in [5.74, 6) is 3.17. The van der Waals surface area contributed by atoms with E-state index in [4.69, 9.17) is 14.5 Å². The van der Waals surface area contributed by atoms with Gasteiger partial charge in [-0.05, 0) is 54.4 Å². The van der Waals surface area contributed by atoms with Crippen LogP contribution in [0, 0.1) is 6.92 Å². The number of aromatic nitrogens is 3. The summed E-state index contributed by atoms with van der Waals surface area (Å²) in [6.07, 6.45) is 1.72. The van der Waals surface area contributed by atoms with Gasteiger partial charge in [0.25, 0.3) is 5.91 Å². The summed E-state index contributed by atoms with van der Waals surface area (Å²) in [4.78, 5) is 31.3. The van der Waals surface area contributed by atoms with Gasteiger partial charge in [0.05, 0.1) is 12.2 Å². The van der Waals surface area contributed by atoms with Gasteiger partial charge in [0.1, 0.15) is 5.82 Å². The molecule has 0 aliphatic carbocycles. The Labute approximate surface area is 243 Å². The van der Waals surface area contributed by atoms with Crippen LogP contribution in [0.2, 0.25) is 0 Å². The van der Waals surface area contributed by atoms with Gasteiger partial charge >= 0.3 is 0 Å². The van der Waals surface area contributed by atoms with Crippen molar-refractivity contribution in [3.63, 3.8) is 0 Å². The van der Waals surface area contributed by atoms with E-state index in [1.807, 2.05) is 55.5 Å². The number of rotatable bonds is 9. The summed E-state index contributed by atoms with van der Waals surface area (Å²) in [6, 6.07) is 21.6. The lowest BCUT2D eigenvalue weighted by molar-refractivity contribution is 0.0950. The maximum Gasteiger partial charge on any atom is 0.251 e. The number of pyridine rings is 1. The molecule has 4 heterocycles. The highest BCUT2D eigenvalue weighted by Crippen LogP contribution is 2.33. The molecule has 2 aliphatic heterocycles. The molecule has 0 bridgehead atoms. The molecule has 2 aliphatic rings. The third kappa shape index (κ3) is 6.96. The van der Waals surface area contributed by atoms with Gasteiger partial charge in [-0.15, -0.1) is 0 Å². The first-order valence-corrected chi connectivity index (χ1v) is 14.7. The molecule has 1 N–H and O–H groups in total. The maximum absolute atomic E-state index is 12.7. The van der Waals surface area contributed by atoms with Crippen LogP contribution in [-0.2, 0) is 18.8 Å². The van der Waals surface area contributed by atoms with Crippen molar-refractivity contribution in [2.75, 3.05) is 37.9 Å². The zero-order chi connectivity index (χ0) is 28.0. The summed E-state index contributed by atoms with van der Waals surface area (Å²) in [7, 11) is 0. The van der Waals surface area contributed by atoms with E-state index in [0.29, 0.717) is 24.7 Å². The summed E-state index contributed by atoms with van der Waals surface area (Å²) >= 11 is 1.59. The molecule has 2 aromatic heterocycles. The van der Waals surface area contributed by atoms with E-state index in [1.54, 1.807) is 18.0 Å². The first kappa shape index (κ1) is 27.0. The molecule has 1 fully saturated rings. The largest absolute Gasteiger partial charge is 0.454 e. The van der Waals surface area contributed by atoms with Crippen molar-refractivity contribution in [2.45, 2.75) is 30.9 Å². The smallest absolute Gasteiger partial charge is 0.251 e. The fraction of sp³-hybridized carbons (Fsp3) is 0.290. The molecule has 1 amide bonds. The number of piperazine rings is 1. The average molecular weight is 569 g/mol. The fourth-order valence-corrected chi connectivity index (χ4v) is 5.75. The van der Waals surface area contributed by atoms with E-state index in [-0.39, 0.29) is 5.91 Å². The molecule has 0 spiro atoms. The summed E-state index contributed by atoms with van der Waals surface area (Å²) in [5, 5.41) is 3.68. The Hall–Kier alpha value is -4.15. The molecule has 0 atom stereocenters. The van der Waals surface area contributed by atoms with E-state index in [0.717, 1.165) is 72.1 Å². The fourth-order valence-electron chi connectivity index (χ4n) is 4.91. The Kier molecular flexibility index (Phi) is 8.29. The molecule has 41 heavy (non-hydrogen) atoms. The van der Waals surface area contributed by atoms with Crippen LogP contribution in [0.3, 0.4) is 0 Å². The van der Waals surface area contributed by atoms with E-state index in [2.05, 4.69) is 43.3 Å². The number of anilines is 1. The number of benzene rings is 2. The van der Waals surface area contributed by atoms with E-state index < -0.39 is 0 Å². The SMILES string of the molecule is Cc1cc(N2CCN(Cc3ccc4c(c3)OCO4)CC2)nc(SCc2cccc(C(=O)NCc3ccccn3)c2)n1. The third-order valence-electron chi connectivity index (χ3n) is 7.07. The number of hydrogen-bond acceptors (Lipinski definition) is 9. The number of amides is 1. The number of carbonyl (C=O) groups excluding carboxylic acids is 1. The highest BCUT2D eigenvalue weighted by Gasteiger charge is 2.21. The molecule has 9 nitrogen and oxygen atoms in total. The number of hydrogen-bond donors (Lipinski definition) is 1. The Balaban J connectivity index is 1.02. The van der Waals surface area contributed by atoms with Crippen LogP contribution in [0.15, 0.2) is 78.1 Å². The van der Waals surface area contributed by atoms with Gasteiger partial charge in [-0.3, -0.25) is 14.7 Å². The summed E-state index contributed by atoms with van der Waals surface area (Å²) in [6.45, 7) is 7.30. The van der Waals surface area contributed by atoms with Crippen molar-refractivity contribution < 1.29 is 14.3 Å². The minimum atomic E-state index is -0.116. The monoisotopic (exact) mass is 568 g/mol. The van der Waals surface area contributed by atoms with Crippen molar-refractivity contribution in [2.24, 2.45) is 0 Å². The zero-order valence-corrected chi connectivity index (χ0v) is 23.8. The number of aryl methyl sites for hydroxylation is 1. The standard InChI is InChI=1S/C31H32N6O3S/c1-22-15-29(37-13-11-36(12-14-37)19-23-8-9-27-28(17-23)40-21-39-27)35-31(34-22)41-20-24-5-4-6-25(16-24)30(38)33-18-26-7-2-3-10-32-26/h2-10,15-17H,11-14,18-21H2,1H3,(H,33,38).